The van der Waals surface area contributed by atoms with Crippen LogP contribution in [0.1, 0.15) is 10.4 Å². The van der Waals surface area contributed by atoms with Gasteiger partial charge < -0.3 is 5.11 Å². The van der Waals surface area contributed by atoms with Crippen LogP contribution < -0.4 is 4.72 Å². The van der Waals surface area contributed by atoms with Crippen molar-refractivity contribution in [2.75, 3.05) is 4.72 Å². The van der Waals surface area contributed by atoms with Crippen molar-refractivity contribution < 1.29 is 27.1 Å². The summed E-state index contributed by atoms with van der Waals surface area (Å²) in [5.74, 6) is -3.04. The summed E-state index contributed by atoms with van der Waals surface area (Å²) in [5, 5.41) is 8.80. The first-order valence-electron chi connectivity index (χ1n) is 5.61. The molecule has 0 aliphatic carbocycles. The molecule has 2 aromatic rings. The van der Waals surface area contributed by atoms with E-state index in [-0.39, 0.29) is 5.56 Å². The van der Waals surface area contributed by atoms with Crippen molar-refractivity contribution in [2.45, 2.75) is 4.90 Å². The predicted molar refractivity (Wildman–Crippen MR) is 70.6 cm³/mol. The average Bonchev–Trinajstić information content (AvgIpc) is 2.41. The minimum absolute atomic E-state index is 0.284. The van der Waals surface area contributed by atoms with Crippen LogP contribution in [-0.4, -0.2) is 19.5 Å². The molecule has 0 bridgehead atoms. The summed E-state index contributed by atoms with van der Waals surface area (Å²) in [7, 11) is -4.22. The Balaban J connectivity index is 2.41. The number of carboxylic acid groups (broad SMARTS) is 1. The van der Waals surface area contributed by atoms with Gasteiger partial charge in [0.25, 0.3) is 10.0 Å². The molecule has 0 aliphatic heterocycles. The third-order valence-corrected chi connectivity index (χ3v) is 3.93. The quantitative estimate of drug-likeness (QED) is 0.908. The largest absolute Gasteiger partial charge is 0.478 e. The molecule has 110 valence electrons. The van der Waals surface area contributed by atoms with Gasteiger partial charge in [-0.3, -0.25) is 4.72 Å². The number of halogens is 2. The topological polar surface area (TPSA) is 83.5 Å². The standard InChI is InChI=1S/C13H9F2NO4S/c14-9-2-1-3-10(7-9)21(19,20)16-12-6-8(13(17)18)4-5-11(12)15/h1-7,16H,(H,17,18). The highest BCUT2D eigenvalue weighted by molar-refractivity contribution is 7.92. The minimum Gasteiger partial charge on any atom is -0.478 e. The van der Waals surface area contributed by atoms with Crippen molar-refractivity contribution in [2.24, 2.45) is 0 Å². The Kier molecular flexibility index (Phi) is 3.90. The number of hydrogen-bond acceptors (Lipinski definition) is 3. The second-order valence-corrected chi connectivity index (χ2v) is 5.75. The van der Waals surface area contributed by atoms with E-state index in [0.717, 1.165) is 36.4 Å². The Morgan fingerprint density at radius 1 is 1.10 bits per heavy atom. The highest BCUT2D eigenvalue weighted by Crippen LogP contribution is 2.21. The third-order valence-electron chi connectivity index (χ3n) is 2.56. The molecule has 0 aromatic heterocycles. The molecule has 0 saturated carbocycles. The number of carbonyl (C=O) groups is 1. The summed E-state index contributed by atoms with van der Waals surface area (Å²) in [6.45, 7) is 0. The van der Waals surface area contributed by atoms with E-state index in [4.69, 9.17) is 5.11 Å². The lowest BCUT2D eigenvalue weighted by Gasteiger charge is -2.09. The van der Waals surface area contributed by atoms with Gasteiger partial charge in [0.15, 0.2) is 0 Å². The fraction of sp³-hybridized carbons (Fsp3) is 0. The van der Waals surface area contributed by atoms with E-state index in [1.165, 1.54) is 6.07 Å². The minimum atomic E-state index is -4.22. The van der Waals surface area contributed by atoms with Crippen LogP contribution in [0.4, 0.5) is 14.5 Å². The highest BCUT2D eigenvalue weighted by atomic mass is 32.2. The van der Waals surface area contributed by atoms with Crippen LogP contribution in [-0.2, 0) is 10.0 Å². The number of anilines is 1. The lowest BCUT2D eigenvalue weighted by Crippen LogP contribution is -2.14. The molecule has 0 amide bonds. The summed E-state index contributed by atoms with van der Waals surface area (Å²) < 4.78 is 52.5. The molecule has 0 heterocycles. The van der Waals surface area contributed by atoms with Gasteiger partial charge in [-0.25, -0.2) is 22.0 Å². The van der Waals surface area contributed by atoms with Crippen LogP contribution in [0.3, 0.4) is 0 Å². The molecule has 0 saturated heterocycles. The Morgan fingerprint density at radius 3 is 2.43 bits per heavy atom. The lowest BCUT2D eigenvalue weighted by atomic mass is 10.2. The van der Waals surface area contributed by atoms with E-state index in [1.54, 1.807) is 0 Å². The van der Waals surface area contributed by atoms with Crippen molar-refractivity contribution in [1.82, 2.24) is 0 Å². The molecule has 0 spiro atoms. The second-order valence-electron chi connectivity index (χ2n) is 4.06. The van der Waals surface area contributed by atoms with Crippen LogP contribution >= 0.6 is 0 Å². The van der Waals surface area contributed by atoms with E-state index in [0.29, 0.717) is 0 Å². The molecule has 2 rings (SSSR count). The molecule has 2 N–H and O–H groups in total. The van der Waals surface area contributed by atoms with Crippen molar-refractivity contribution in [3.63, 3.8) is 0 Å². The van der Waals surface area contributed by atoms with E-state index >= 15 is 0 Å². The number of sulfonamides is 1. The number of benzene rings is 2. The van der Waals surface area contributed by atoms with Gasteiger partial charge in [0.05, 0.1) is 16.1 Å². The predicted octanol–water partition coefficient (Wildman–Crippen LogP) is 2.46. The van der Waals surface area contributed by atoms with E-state index in [1.807, 2.05) is 4.72 Å². The summed E-state index contributed by atoms with van der Waals surface area (Å²) in [4.78, 5) is 10.4. The monoisotopic (exact) mass is 313 g/mol. The molecule has 5 nitrogen and oxygen atoms in total. The Morgan fingerprint density at radius 2 is 1.81 bits per heavy atom. The first-order chi connectivity index (χ1) is 9.79. The maximum absolute atomic E-state index is 13.6. The Hall–Kier alpha value is -2.48. The van der Waals surface area contributed by atoms with E-state index in [2.05, 4.69) is 0 Å². The number of nitrogens with one attached hydrogen (secondary N) is 1. The molecule has 0 unspecified atom stereocenters. The van der Waals surface area contributed by atoms with Crippen molar-refractivity contribution in [1.29, 1.82) is 0 Å². The van der Waals surface area contributed by atoms with Crippen molar-refractivity contribution in [3.05, 3.63) is 59.7 Å². The zero-order valence-corrected chi connectivity index (χ0v) is 11.2. The van der Waals surface area contributed by atoms with E-state index < -0.39 is 38.2 Å². The van der Waals surface area contributed by atoms with Gasteiger partial charge in [0.1, 0.15) is 11.6 Å². The molecule has 21 heavy (non-hydrogen) atoms. The lowest BCUT2D eigenvalue weighted by molar-refractivity contribution is 0.0697. The molecule has 0 atom stereocenters. The van der Waals surface area contributed by atoms with Gasteiger partial charge >= 0.3 is 5.97 Å². The maximum Gasteiger partial charge on any atom is 0.335 e. The van der Waals surface area contributed by atoms with Gasteiger partial charge in [-0.15, -0.1) is 0 Å². The van der Waals surface area contributed by atoms with Gasteiger partial charge in [-0.2, -0.15) is 0 Å². The van der Waals surface area contributed by atoms with Gasteiger partial charge in [0, 0.05) is 0 Å². The first-order valence-corrected chi connectivity index (χ1v) is 7.09. The summed E-state index contributed by atoms with van der Waals surface area (Å²) in [6, 6.07) is 6.81. The zero-order valence-electron chi connectivity index (χ0n) is 10.4. The third kappa shape index (κ3) is 3.34. The van der Waals surface area contributed by atoms with Crippen molar-refractivity contribution in [3.8, 4) is 0 Å². The average molecular weight is 313 g/mol. The number of carboxylic acids is 1. The summed E-state index contributed by atoms with van der Waals surface area (Å²) in [6.07, 6.45) is 0. The smallest absolute Gasteiger partial charge is 0.335 e. The SMILES string of the molecule is O=C(O)c1ccc(F)c(NS(=O)(=O)c2cccc(F)c2)c1. The number of hydrogen-bond donors (Lipinski definition) is 2. The van der Waals surface area contributed by atoms with Gasteiger partial charge in [-0.05, 0) is 36.4 Å². The molecular formula is C13H9F2NO4S. The second kappa shape index (κ2) is 5.49. The summed E-state index contributed by atoms with van der Waals surface area (Å²) in [5.41, 5.74) is -0.812. The number of aromatic carboxylic acids is 1. The fourth-order valence-electron chi connectivity index (χ4n) is 1.57. The normalized spacial score (nSPS) is 11.1. The zero-order chi connectivity index (χ0) is 15.6. The molecule has 0 aliphatic rings. The van der Waals surface area contributed by atoms with Crippen LogP contribution in [0.5, 0.6) is 0 Å². The maximum atomic E-state index is 13.6. The van der Waals surface area contributed by atoms with Crippen LogP contribution in [0.2, 0.25) is 0 Å². The molecule has 2 aromatic carbocycles. The van der Waals surface area contributed by atoms with Gasteiger partial charge in [0.2, 0.25) is 0 Å². The Bertz CT molecular complexity index is 806. The van der Waals surface area contributed by atoms with Crippen LogP contribution in [0.25, 0.3) is 0 Å². The Labute approximate surface area is 118 Å². The fourth-order valence-corrected chi connectivity index (χ4v) is 2.66. The molecular weight excluding hydrogens is 304 g/mol. The van der Waals surface area contributed by atoms with Gasteiger partial charge in [-0.1, -0.05) is 6.07 Å². The number of rotatable bonds is 4. The van der Waals surface area contributed by atoms with Crippen LogP contribution in [0, 0.1) is 11.6 Å². The molecule has 0 radical (unpaired) electrons. The summed E-state index contributed by atoms with van der Waals surface area (Å²) >= 11 is 0. The molecule has 0 fully saturated rings. The van der Waals surface area contributed by atoms with E-state index in [9.17, 15) is 22.0 Å². The van der Waals surface area contributed by atoms with Crippen LogP contribution in [0.15, 0.2) is 47.4 Å². The molecule has 8 heteroatoms. The highest BCUT2D eigenvalue weighted by Gasteiger charge is 2.18. The van der Waals surface area contributed by atoms with Crippen molar-refractivity contribution >= 4 is 21.7 Å². The first kappa shape index (κ1) is 14.9.